The second-order valence-electron chi connectivity index (χ2n) is 8.50. The van der Waals surface area contributed by atoms with Crippen molar-refractivity contribution in [2.24, 2.45) is 0 Å². The molecule has 0 saturated carbocycles. The lowest BCUT2D eigenvalue weighted by Gasteiger charge is -2.30. The fraction of sp³-hybridized carbons (Fsp3) is 0.480. The molecule has 7 nitrogen and oxygen atoms in total. The van der Waals surface area contributed by atoms with Gasteiger partial charge in [-0.15, -0.1) is 0 Å². The molecule has 1 aliphatic heterocycles. The molecule has 0 spiro atoms. The third kappa shape index (κ3) is 6.71. The SMILES string of the molecule is CC[C@@H](C(=O)NCc1ccccc1CN1CCCCC1)N(c1ccc(OC)cc1)S(C)(=O)=O. The summed E-state index contributed by atoms with van der Waals surface area (Å²) >= 11 is 0. The highest BCUT2D eigenvalue weighted by Crippen LogP contribution is 2.25. The Morgan fingerprint density at radius 1 is 1.06 bits per heavy atom. The van der Waals surface area contributed by atoms with Crippen LogP contribution in [0.4, 0.5) is 5.69 Å². The number of rotatable bonds is 10. The Balaban J connectivity index is 1.74. The van der Waals surface area contributed by atoms with E-state index < -0.39 is 16.1 Å². The van der Waals surface area contributed by atoms with Crippen LogP contribution in [0.25, 0.3) is 0 Å². The zero-order valence-electron chi connectivity index (χ0n) is 19.8. The third-order valence-corrected chi connectivity index (χ3v) is 7.25. The molecule has 33 heavy (non-hydrogen) atoms. The molecule has 8 heteroatoms. The number of amides is 1. The first-order valence-electron chi connectivity index (χ1n) is 11.5. The number of anilines is 1. The maximum atomic E-state index is 13.2. The summed E-state index contributed by atoms with van der Waals surface area (Å²) in [4.78, 5) is 15.6. The van der Waals surface area contributed by atoms with Gasteiger partial charge in [0.2, 0.25) is 15.9 Å². The van der Waals surface area contributed by atoms with Crippen molar-refractivity contribution in [1.29, 1.82) is 0 Å². The summed E-state index contributed by atoms with van der Waals surface area (Å²) in [7, 11) is -2.13. The molecule has 0 bridgehead atoms. The number of nitrogens with one attached hydrogen (secondary N) is 1. The van der Waals surface area contributed by atoms with E-state index >= 15 is 0 Å². The maximum Gasteiger partial charge on any atom is 0.244 e. The van der Waals surface area contributed by atoms with Gasteiger partial charge in [0.05, 0.1) is 19.1 Å². The van der Waals surface area contributed by atoms with Gasteiger partial charge in [-0.3, -0.25) is 14.0 Å². The maximum absolute atomic E-state index is 13.2. The van der Waals surface area contributed by atoms with Crippen molar-refractivity contribution in [2.45, 2.75) is 51.7 Å². The Bertz CT molecular complexity index is 1020. The van der Waals surface area contributed by atoms with Gasteiger partial charge in [0.15, 0.2) is 0 Å². The molecule has 1 saturated heterocycles. The molecule has 2 aromatic carbocycles. The number of likely N-dealkylation sites (tertiary alicyclic amines) is 1. The predicted molar refractivity (Wildman–Crippen MR) is 132 cm³/mol. The second kappa shape index (κ2) is 11.5. The van der Waals surface area contributed by atoms with Crippen LogP contribution in [-0.2, 0) is 27.9 Å². The number of carbonyl (C=O) groups is 1. The summed E-state index contributed by atoms with van der Waals surface area (Å²) in [5, 5.41) is 2.98. The lowest BCUT2D eigenvalue weighted by Crippen LogP contribution is -2.49. The Kier molecular flexibility index (Phi) is 8.74. The highest BCUT2D eigenvalue weighted by molar-refractivity contribution is 7.92. The number of ether oxygens (including phenoxy) is 1. The van der Waals surface area contributed by atoms with Crippen LogP contribution in [0, 0.1) is 0 Å². The average molecular weight is 474 g/mol. The van der Waals surface area contributed by atoms with E-state index in [1.54, 1.807) is 31.4 Å². The summed E-state index contributed by atoms with van der Waals surface area (Å²) in [6, 6.07) is 14.0. The van der Waals surface area contributed by atoms with Crippen LogP contribution < -0.4 is 14.4 Å². The van der Waals surface area contributed by atoms with E-state index in [9.17, 15) is 13.2 Å². The van der Waals surface area contributed by atoms with Crippen molar-refractivity contribution >= 4 is 21.6 Å². The van der Waals surface area contributed by atoms with Gasteiger partial charge in [0.1, 0.15) is 11.8 Å². The van der Waals surface area contributed by atoms with Gasteiger partial charge in [-0.2, -0.15) is 0 Å². The largest absolute Gasteiger partial charge is 0.497 e. The Labute approximate surface area is 197 Å². The van der Waals surface area contributed by atoms with E-state index in [4.69, 9.17) is 4.74 Å². The fourth-order valence-corrected chi connectivity index (χ4v) is 5.54. The topological polar surface area (TPSA) is 79.0 Å². The first-order valence-corrected chi connectivity index (χ1v) is 13.4. The number of carbonyl (C=O) groups excluding carboxylic acids is 1. The molecule has 2 aromatic rings. The first kappa shape index (κ1) is 25.1. The number of hydrogen-bond donors (Lipinski definition) is 1. The van der Waals surface area contributed by atoms with Gasteiger partial charge < -0.3 is 10.1 Å². The van der Waals surface area contributed by atoms with Crippen LogP contribution in [0.3, 0.4) is 0 Å². The minimum Gasteiger partial charge on any atom is -0.497 e. The Morgan fingerprint density at radius 2 is 1.70 bits per heavy atom. The van der Waals surface area contributed by atoms with Crippen LogP contribution in [0.1, 0.15) is 43.7 Å². The molecular weight excluding hydrogens is 438 g/mol. The standard InChI is InChI=1S/C25H35N3O4S/c1-4-24(28(33(3,30)31)22-12-14-23(32-2)15-13-22)25(29)26-18-20-10-6-7-11-21(20)19-27-16-8-5-9-17-27/h6-7,10-15,24H,4-5,8-9,16-19H2,1-3H3,(H,26,29)/t24-/m0/s1. The summed E-state index contributed by atoms with van der Waals surface area (Å²) in [5.74, 6) is 0.307. The molecular formula is C25H35N3O4S. The summed E-state index contributed by atoms with van der Waals surface area (Å²) in [5.41, 5.74) is 2.69. The lowest BCUT2D eigenvalue weighted by molar-refractivity contribution is -0.122. The van der Waals surface area contributed by atoms with Crippen molar-refractivity contribution in [3.8, 4) is 5.75 Å². The van der Waals surface area contributed by atoms with Crippen molar-refractivity contribution in [3.63, 3.8) is 0 Å². The van der Waals surface area contributed by atoms with E-state index in [1.165, 1.54) is 29.1 Å². The fourth-order valence-electron chi connectivity index (χ4n) is 4.33. The molecule has 0 unspecified atom stereocenters. The number of hydrogen-bond acceptors (Lipinski definition) is 5. The predicted octanol–water partition coefficient (Wildman–Crippen LogP) is 3.54. The van der Waals surface area contributed by atoms with E-state index in [-0.39, 0.29) is 5.91 Å². The molecule has 0 aromatic heterocycles. The monoisotopic (exact) mass is 473 g/mol. The van der Waals surface area contributed by atoms with E-state index in [1.807, 2.05) is 25.1 Å². The first-order chi connectivity index (χ1) is 15.8. The number of nitrogens with zero attached hydrogens (tertiary/aromatic N) is 2. The second-order valence-corrected chi connectivity index (χ2v) is 10.4. The normalized spacial score (nSPS) is 15.6. The molecule has 180 valence electrons. The molecule has 1 amide bonds. The average Bonchev–Trinajstić information content (AvgIpc) is 2.81. The van der Waals surface area contributed by atoms with E-state index in [0.717, 1.165) is 31.5 Å². The molecule has 1 aliphatic rings. The van der Waals surface area contributed by atoms with Gasteiger partial charge in [0, 0.05) is 13.1 Å². The highest BCUT2D eigenvalue weighted by atomic mass is 32.2. The van der Waals surface area contributed by atoms with Crippen LogP contribution in [0.2, 0.25) is 0 Å². The van der Waals surface area contributed by atoms with Crippen LogP contribution in [0.5, 0.6) is 5.75 Å². The molecule has 1 N–H and O–H groups in total. The van der Waals surface area contributed by atoms with Crippen molar-refractivity contribution in [3.05, 3.63) is 59.7 Å². The minimum absolute atomic E-state index is 0.313. The molecule has 0 radical (unpaired) electrons. The molecule has 1 fully saturated rings. The highest BCUT2D eigenvalue weighted by Gasteiger charge is 2.31. The molecule has 0 aliphatic carbocycles. The summed E-state index contributed by atoms with van der Waals surface area (Å²) in [6.45, 7) is 5.24. The summed E-state index contributed by atoms with van der Waals surface area (Å²) in [6.07, 6.45) is 5.21. The number of sulfonamides is 1. The molecule has 3 rings (SSSR count). The third-order valence-electron chi connectivity index (χ3n) is 6.07. The van der Waals surface area contributed by atoms with Gasteiger partial charge in [0.25, 0.3) is 0 Å². The number of piperidine rings is 1. The minimum atomic E-state index is -3.68. The van der Waals surface area contributed by atoms with E-state index in [0.29, 0.717) is 24.4 Å². The molecule has 1 heterocycles. The summed E-state index contributed by atoms with van der Waals surface area (Å²) < 4.78 is 31.7. The van der Waals surface area contributed by atoms with Crippen molar-refractivity contribution < 1.29 is 17.9 Å². The van der Waals surface area contributed by atoms with Crippen LogP contribution >= 0.6 is 0 Å². The van der Waals surface area contributed by atoms with Gasteiger partial charge in [-0.1, -0.05) is 37.6 Å². The lowest BCUT2D eigenvalue weighted by atomic mass is 10.0. The van der Waals surface area contributed by atoms with E-state index in [2.05, 4.69) is 16.3 Å². The number of benzene rings is 2. The zero-order chi connectivity index (χ0) is 23.8. The van der Waals surface area contributed by atoms with Gasteiger partial charge in [-0.25, -0.2) is 8.42 Å². The molecule has 1 atom stereocenters. The Hall–Kier alpha value is -2.58. The van der Waals surface area contributed by atoms with Gasteiger partial charge in [-0.05, 0) is 67.7 Å². The zero-order valence-corrected chi connectivity index (χ0v) is 20.6. The van der Waals surface area contributed by atoms with Crippen LogP contribution in [0.15, 0.2) is 48.5 Å². The smallest absolute Gasteiger partial charge is 0.244 e. The Morgan fingerprint density at radius 3 is 2.27 bits per heavy atom. The van der Waals surface area contributed by atoms with Gasteiger partial charge >= 0.3 is 0 Å². The number of methoxy groups -OCH3 is 1. The van der Waals surface area contributed by atoms with Crippen molar-refractivity contribution in [1.82, 2.24) is 10.2 Å². The van der Waals surface area contributed by atoms with Crippen molar-refractivity contribution in [2.75, 3.05) is 30.8 Å². The van der Waals surface area contributed by atoms with Crippen LogP contribution in [-0.4, -0.2) is 51.7 Å². The quantitative estimate of drug-likeness (QED) is 0.571.